The van der Waals surface area contributed by atoms with Crippen LogP contribution >= 0.6 is 0 Å². The number of hydrogen-bond donors (Lipinski definition) is 2. The summed E-state index contributed by atoms with van der Waals surface area (Å²) in [6.45, 7) is 3.10. The summed E-state index contributed by atoms with van der Waals surface area (Å²) in [7, 11) is 1.58. The minimum absolute atomic E-state index is 0.136. The van der Waals surface area contributed by atoms with E-state index >= 15 is 0 Å². The molecule has 2 aromatic heterocycles. The van der Waals surface area contributed by atoms with E-state index in [4.69, 9.17) is 19.2 Å². The van der Waals surface area contributed by atoms with Crippen molar-refractivity contribution < 1.29 is 19.3 Å². The number of ether oxygens (including phenoxy) is 3. The van der Waals surface area contributed by atoms with Crippen molar-refractivity contribution >= 4 is 17.2 Å². The number of phenolic OH excluding ortho intramolecular Hbond substituents is 1. The average Bonchev–Trinajstić information content (AvgIpc) is 3.13. The van der Waals surface area contributed by atoms with Crippen LogP contribution in [0.15, 0.2) is 54.7 Å². The van der Waals surface area contributed by atoms with E-state index in [2.05, 4.69) is 5.32 Å². The van der Waals surface area contributed by atoms with Crippen molar-refractivity contribution in [3.63, 3.8) is 0 Å². The summed E-state index contributed by atoms with van der Waals surface area (Å²) in [6, 6.07) is 14.8. The summed E-state index contributed by atoms with van der Waals surface area (Å²) >= 11 is 0. The number of phenols is 1. The predicted octanol–water partition coefficient (Wildman–Crippen LogP) is 4.54. The van der Waals surface area contributed by atoms with Crippen LogP contribution < -0.4 is 19.5 Å². The SMILES string of the molecule is COc1cc(O)ccc1-c1nc2c(C)cccn2c1Nc1ccc2c(c1)OCCO2. The van der Waals surface area contributed by atoms with Gasteiger partial charge < -0.3 is 24.6 Å². The molecule has 0 atom stereocenters. The highest BCUT2D eigenvalue weighted by Crippen LogP contribution is 2.40. The van der Waals surface area contributed by atoms with Gasteiger partial charge in [-0.15, -0.1) is 0 Å². The fraction of sp³-hybridized carbons (Fsp3) is 0.174. The van der Waals surface area contributed by atoms with Gasteiger partial charge in [0.2, 0.25) is 0 Å². The van der Waals surface area contributed by atoms with Gasteiger partial charge >= 0.3 is 0 Å². The van der Waals surface area contributed by atoms with Gasteiger partial charge in [0.1, 0.15) is 41.9 Å². The quantitative estimate of drug-likeness (QED) is 0.521. The molecule has 2 aromatic carbocycles. The number of aromatic nitrogens is 2. The molecular formula is C23H21N3O4. The van der Waals surface area contributed by atoms with E-state index in [9.17, 15) is 5.11 Å². The molecule has 5 rings (SSSR count). The number of nitrogens with zero attached hydrogens (tertiary/aromatic N) is 2. The topological polar surface area (TPSA) is 77.3 Å². The maximum absolute atomic E-state index is 9.87. The van der Waals surface area contributed by atoms with Crippen LogP contribution in [0, 0.1) is 6.92 Å². The first-order valence-corrected chi connectivity index (χ1v) is 9.66. The third-order valence-corrected chi connectivity index (χ3v) is 5.09. The lowest BCUT2D eigenvalue weighted by molar-refractivity contribution is 0.171. The number of rotatable bonds is 4. The Hall–Kier alpha value is -3.87. The highest BCUT2D eigenvalue weighted by Gasteiger charge is 2.20. The number of anilines is 2. The maximum Gasteiger partial charge on any atom is 0.163 e. The summed E-state index contributed by atoms with van der Waals surface area (Å²) in [5.41, 5.74) is 4.23. The van der Waals surface area contributed by atoms with Gasteiger partial charge in [0, 0.05) is 29.6 Å². The molecule has 7 heteroatoms. The minimum Gasteiger partial charge on any atom is -0.508 e. The van der Waals surface area contributed by atoms with Crippen LogP contribution in [-0.4, -0.2) is 34.8 Å². The van der Waals surface area contributed by atoms with E-state index < -0.39 is 0 Å². The second kappa shape index (κ2) is 7.18. The second-order valence-corrected chi connectivity index (χ2v) is 7.06. The molecule has 0 amide bonds. The molecular weight excluding hydrogens is 382 g/mol. The van der Waals surface area contributed by atoms with Gasteiger partial charge in [-0.05, 0) is 42.8 Å². The van der Waals surface area contributed by atoms with Crippen LogP contribution in [0.2, 0.25) is 0 Å². The first-order chi connectivity index (χ1) is 14.6. The van der Waals surface area contributed by atoms with Gasteiger partial charge in [-0.25, -0.2) is 4.98 Å². The monoisotopic (exact) mass is 403 g/mol. The number of nitrogens with one attached hydrogen (secondary N) is 1. The number of fused-ring (bicyclic) bond motifs is 2. The first-order valence-electron chi connectivity index (χ1n) is 9.66. The zero-order valence-corrected chi connectivity index (χ0v) is 16.7. The largest absolute Gasteiger partial charge is 0.508 e. The summed E-state index contributed by atoms with van der Waals surface area (Å²) in [6.07, 6.45) is 1.96. The molecule has 0 radical (unpaired) electrons. The van der Waals surface area contributed by atoms with Crippen LogP contribution in [0.25, 0.3) is 16.9 Å². The Kier molecular flexibility index (Phi) is 4.35. The lowest BCUT2D eigenvalue weighted by Gasteiger charge is -2.19. The molecule has 4 aromatic rings. The van der Waals surface area contributed by atoms with E-state index in [1.54, 1.807) is 25.3 Å². The van der Waals surface area contributed by atoms with E-state index in [1.807, 2.05) is 47.9 Å². The molecule has 0 spiro atoms. The number of aromatic hydroxyl groups is 1. The van der Waals surface area contributed by atoms with Gasteiger partial charge in [0.05, 0.1) is 7.11 Å². The van der Waals surface area contributed by atoms with Gasteiger partial charge in [-0.3, -0.25) is 4.40 Å². The molecule has 0 unspecified atom stereocenters. The number of aryl methyl sites for hydroxylation is 1. The number of imidazole rings is 1. The molecule has 2 N–H and O–H groups in total. The van der Waals surface area contributed by atoms with E-state index in [-0.39, 0.29) is 5.75 Å². The fourth-order valence-electron chi connectivity index (χ4n) is 3.64. The van der Waals surface area contributed by atoms with Crippen molar-refractivity contribution in [3.05, 3.63) is 60.3 Å². The Bertz CT molecular complexity index is 1250. The van der Waals surface area contributed by atoms with Gasteiger partial charge in [0.15, 0.2) is 11.5 Å². The van der Waals surface area contributed by atoms with Crippen molar-refractivity contribution in [2.45, 2.75) is 6.92 Å². The summed E-state index contributed by atoms with van der Waals surface area (Å²) in [4.78, 5) is 4.89. The van der Waals surface area contributed by atoms with Crippen LogP contribution in [0.3, 0.4) is 0 Å². The Morgan fingerprint density at radius 2 is 1.90 bits per heavy atom. The normalized spacial score (nSPS) is 12.7. The highest BCUT2D eigenvalue weighted by molar-refractivity contribution is 5.84. The lowest BCUT2D eigenvalue weighted by atomic mass is 10.1. The van der Waals surface area contributed by atoms with Crippen LogP contribution in [0.1, 0.15) is 5.56 Å². The van der Waals surface area contributed by atoms with Gasteiger partial charge in [0.25, 0.3) is 0 Å². The zero-order chi connectivity index (χ0) is 20.7. The Labute approximate surface area is 173 Å². The molecule has 0 bridgehead atoms. The second-order valence-electron chi connectivity index (χ2n) is 7.06. The summed E-state index contributed by atoms with van der Waals surface area (Å²) < 4.78 is 18.9. The Morgan fingerprint density at radius 3 is 2.73 bits per heavy atom. The molecule has 1 aliphatic heterocycles. The van der Waals surface area contributed by atoms with Crippen molar-refractivity contribution in [1.82, 2.24) is 9.38 Å². The average molecular weight is 403 g/mol. The summed E-state index contributed by atoms with van der Waals surface area (Å²) in [5, 5.41) is 13.4. The van der Waals surface area contributed by atoms with E-state index in [0.717, 1.165) is 39.7 Å². The van der Waals surface area contributed by atoms with Crippen molar-refractivity contribution in [2.24, 2.45) is 0 Å². The van der Waals surface area contributed by atoms with Crippen LogP contribution in [0.4, 0.5) is 11.5 Å². The van der Waals surface area contributed by atoms with Gasteiger partial charge in [-0.1, -0.05) is 6.07 Å². The number of pyridine rings is 1. The number of hydrogen-bond acceptors (Lipinski definition) is 6. The minimum atomic E-state index is 0.136. The standard InChI is InChI=1S/C23H21N3O4/c1-14-4-3-9-26-22(14)25-21(17-7-6-16(27)13-19(17)28-2)23(26)24-15-5-8-18-20(12-15)30-11-10-29-18/h3-9,12-13,24,27H,10-11H2,1-2H3. The molecule has 7 nitrogen and oxygen atoms in total. The molecule has 152 valence electrons. The molecule has 0 saturated heterocycles. The zero-order valence-electron chi connectivity index (χ0n) is 16.7. The third kappa shape index (κ3) is 3.04. The van der Waals surface area contributed by atoms with Gasteiger partial charge in [-0.2, -0.15) is 0 Å². The Morgan fingerprint density at radius 1 is 1.07 bits per heavy atom. The molecule has 30 heavy (non-hydrogen) atoms. The van der Waals surface area contributed by atoms with E-state index in [1.165, 1.54) is 0 Å². The molecule has 0 fully saturated rings. The van der Waals surface area contributed by atoms with Crippen LogP contribution in [0.5, 0.6) is 23.0 Å². The molecule has 1 aliphatic rings. The Balaban J connectivity index is 1.67. The lowest BCUT2D eigenvalue weighted by Crippen LogP contribution is -2.15. The van der Waals surface area contributed by atoms with E-state index in [0.29, 0.717) is 24.7 Å². The highest BCUT2D eigenvalue weighted by atomic mass is 16.6. The molecule has 3 heterocycles. The van der Waals surface area contributed by atoms with Crippen molar-refractivity contribution in [3.8, 4) is 34.3 Å². The predicted molar refractivity (Wildman–Crippen MR) is 114 cm³/mol. The first kappa shape index (κ1) is 18.2. The third-order valence-electron chi connectivity index (χ3n) is 5.09. The maximum atomic E-state index is 9.87. The van der Waals surface area contributed by atoms with Crippen molar-refractivity contribution in [1.29, 1.82) is 0 Å². The fourth-order valence-corrected chi connectivity index (χ4v) is 3.64. The van der Waals surface area contributed by atoms with Crippen LogP contribution in [-0.2, 0) is 0 Å². The van der Waals surface area contributed by atoms with Crippen molar-refractivity contribution in [2.75, 3.05) is 25.6 Å². The number of benzene rings is 2. The summed E-state index contributed by atoms with van der Waals surface area (Å²) in [5.74, 6) is 2.91. The molecule has 0 saturated carbocycles. The smallest absolute Gasteiger partial charge is 0.163 e. The number of methoxy groups -OCH3 is 1. The molecule has 0 aliphatic carbocycles.